The number of rotatable bonds is 5. The summed E-state index contributed by atoms with van der Waals surface area (Å²) in [7, 11) is 0. The summed E-state index contributed by atoms with van der Waals surface area (Å²) < 4.78 is 0. The van der Waals surface area contributed by atoms with Crippen molar-refractivity contribution >= 4 is 11.8 Å². The van der Waals surface area contributed by atoms with E-state index in [0.29, 0.717) is 6.54 Å². The van der Waals surface area contributed by atoms with Crippen molar-refractivity contribution in [2.75, 3.05) is 13.1 Å². The quantitative estimate of drug-likeness (QED) is 0.455. The maximum Gasteiger partial charge on any atom is 0.239 e. The van der Waals surface area contributed by atoms with Crippen molar-refractivity contribution in [1.29, 1.82) is 0 Å². The summed E-state index contributed by atoms with van der Waals surface area (Å²) in [5.41, 5.74) is 5.92. The Hall–Kier alpha value is -1.89. The molecule has 0 spiro atoms. The summed E-state index contributed by atoms with van der Waals surface area (Å²) in [5.74, 6) is -0.619. The minimum Gasteiger partial charge on any atom is -0.350 e. The average Bonchev–Trinajstić information content (AvgIpc) is 2.75. The van der Waals surface area contributed by atoms with Gasteiger partial charge in [-0.25, -0.2) is 0 Å². The number of hydrogen-bond acceptors (Lipinski definition) is 4. The topological polar surface area (TPSA) is 113 Å². The molecule has 0 saturated heterocycles. The third-order valence-electron chi connectivity index (χ3n) is 1.68. The molecule has 7 nitrogen and oxygen atoms in total. The smallest absolute Gasteiger partial charge is 0.239 e. The van der Waals surface area contributed by atoms with E-state index in [1.165, 1.54) is 0 Å². The van der Waals surface area contributed by atoms with Gasteiger partial charge in [-0.15, -0.1) is 0 Å². The van der Waals surface area contributed by atoms with Gasteiger partial charge in [0.1, 0.15) is 0 Å². The van der Waals surface area contributed by atoms with Gasteiger partial charge in [-0.2, -0.15) is 5.10 Å². The van der Waals surface area contributed by atoms with Crippen LogP contribution in [0.1, 0.15) is 5.56 Å². The first-order valence-corrected chi connectivity index (χ1v) is 4.43. The number of nitrogens with two attached hydrogens (primary N) is 1. The monoisotopic (exact) mass is 211 g/mol. The van der Waals surface area contributed by atoms with E-state index in [4.69, 9.17) is 5.73 Å². The van der Waals surface area contributed by atoms with E-state index in [9.17, 15) is 9.59 Å². The number of carbonyl (C=O) groups is 2. The number of aromatic nitrogens is 2. The first kappa shape index (κ1) is 11.2. The standard InChI is InChI=1S/C8H13N5O2/c9-1-7(14)11-5-8(15)10-2-6-3-12-13-4-6/h3-4H,1-2,5,9H2,(H,10,15)(H,11,14)(H,12,13). The molecular weight excluding hydrogens is 198 g/mol. The highest BCUT2D eigenvalue weighted by atomic mass is 16.2. The van der Waals surface area contributed by atoms with Crippen molar-refractivity contribution in [3.05, 3.63) is 18.0 Å². The Bertz CT molecular complexity index is 322. The van der Waals surface area contributed by atoms with Gasteiger partial charge in [0, 0.05) is 18.3 Å². The molecule has 0 bridgehead atoms. The number of hydrogen-bond donors (Lipinski definition) is 4. The summed E-state index contributed by atoms with van der Waals surface area (Å²) in [6, 6.07) is 0. The molecule has 0 saturated carbocycles. The van der Waals surface area contributed by atoms with Gasteiger partial charge >= 0.3 is 0 Å². The summed E-state index contributed by atoms with van der Waals surface area (Å²) in [4.78, 5) is 21.9. The van der Waals surface area contributed by atoms with Crippen LogP contribution in [0.4, 0.5) is 0 Å². The van der Waals surface area contributed by atoms with Gasteiger partial charge in [0.2, 0.25) is 11.8 Å². The third kappa shape index (κ3) is 4.23. The summed E-state index contributed by atoms with van der Waals surface area (Å²) in [6.45, 7) is 0.205. The second-order valence-electron chi connectivity index (χ2n) is 2.86. The maximum absolute atomic E-state index is 11.2. The van der Waals surface area contributed by atoms with E-state index < -0.39 is 0 Å². The Morgan fingerprint density at radius 2 is 2.20 bits per heavy atom. The van der Waals surface area contributed by atoms with Gasteiger partial charge in [-0.05, 0) is 0 Å². The van der Waals surface area contributed by atoms with Gasteiger partial charge in [0.15, 0.2) is 0 Å². The second kappa shape index (κ2) is 5.76. The molecule has 82 valence electrons. The van der Waals surface area contributed by atoms with E-state index >= 15 is 0 Å². The second-order valence-corrected chi connectivity index (χ2v) is 2.86. The minimum absolute atomic E-state index is 0.0616. The zero-order chi connectivity index (χ0) is 11.1. The van der Waals surface area contributed by atoms with Crippen LogP contribution >= 0.6 is 0 Å². The number of amides is 2. The SMILES string of the molecule is NCC(=O)NCC(=O)NCc1cn[nH]c1. The Morgan fingerprint density at radius 3 is 2.80 bits per heavy atom. The number of nitrogens with zero attached hydrogens (tertiary/aromatic N) is 1. The van der Waals surface area contributed by atoms with E-state index in [1.807, 2.05) is 0 Å². The molecule has 0 atom stereocenters. The maximum atomic E-state index is 11.2. The van der Waals surface area contributed by atoms with E-state index in [2.05, 4.69) is 20.8 Å². The fourth-order valence-corrected chi connectivity index (χ4v) is 0.888. The lowest BCUT2D eigenvalue weighted by atomic mass is 10.3. The lowest BCUT2D eigenvalue weighted by Crippen LogP contribution is -2.39. The van der Waals surface area contributed by atoms with Crippen LogP contribution in [0.2, 0.25) is 0 Å². The van der Waals surface area contributed by atoms with Gasteiger partial charge in [0.05, 0.1) is 19.3 Å². The highest BCUT2D eigenvalue weighted by Gasteiger charge is 2.03. The van der Waals surface area contributed by atoms with Crippen LogP contribution in [0.25, 0.3) is 0 Å². The molecule has 2 amide bonds. The molecule has 0 aliphatic rings. The van der Waals surface area contributed by atoms with Crippen molar-refractivity contribution in [2.24, 2.45) is 5.73 Å². The van der Waals surface area contributed by atoms with Crippen LogP contribution in [0.15, 0.2) is 12.4 Å². The van der Waals surface area contributed by atoms with Crippen LogP contribution in [0.3, 0.4) is 0 Å². The minimum atomic E-state index is -0.353. The zero-order valence-electron chi connectivity index (χ0n) is 8.12. The van der Waals surface area contributed by atoms with Crippen LogP contribution in [0.5, 0.6) is 0 Å². The molecule has 0 aliphatic heterocycles. The fourth-order valence-electron chi connectivity index (χ4n) is 0.888. The van der Waals surface area contributed by atoms with Gasteiger partial charge in [0.25, 0.3) is 0 Å². The third-order valence-corrected chi connectivity index (χ3v) is 1.68. The molecular formula is C8H13N5O2. The fraction of sp³-hybridized carbons (Fsp3) is 0.375. The predicted molar refractivity (Wildman–Crippen MR) is 52.5 cm³/mol. The van der Waals surface area contributed by atoms with E-state index in [0.717, 1.165) is 5.56 Å². The number of nitrogens with one attached hydrogen (secondary N) is 3. The summed E-state index contributed by atoms with van der Waals surface area (Å²) in [5, 5.41) is 11.3. The highest BCUT2D eigenvalue weighted by Crippen LogP contribution is 1.90. The van der Waals surface area contributed by atoms with Crippen molar-refractivity contribution in [1.82, 2.24) is 20.8 Å². The normalized spacial score (nSPS) is 9.67. The van der Waals surface area contributed by atoms with Crippen molar-refractivity contribution in [2.45, 2.75) is 6.54 Å². The van der Waals surface area contributed by atoms with Crippen LogP contribution in [-0.2, 0) is 16.1 Å². The molecule has 1 heterocycles. The molecule has 15 heavy (non-hydrogen) atoms. The van der Waals surface area contributed by atoms with Crippen molar-refractivity contribution in [3.63, 3.8) is 0 Å². The molecule has 0 aromatic carbocycles. The molecule has 0 aliphatic carbocycles. The molecule has 1 aromatic rings. The Morgan fingerprint density at radius 1 is 1.40 bits per heavy atom. The average molecular weight is 211 g/mol. The van der Waals surface area contributed by atoms with Crippen molar-refractivity contribution in [3.8, 4) is 0 Å². The molecule has 0 fully saturated rings. The first-order chi connectivity index (χ1) is 7.22. The predicted octanol–water partition coefficient (Wildman–Crippen LogP) is -1.90. The first-order valence-electron chi connectivity index (χ1n) is 4.43. The lowest BCUT2D eigenvalue weighted by Gasteiger charge is -2.04. The molecule has 1 aromatic heterocycles. The number of carbonyl (C=O) groups excluding carboxylic acids is 2. The molecule has 0 unspecified atom stereocenters. The van der Waals surface area contributed by atoms with E-state index in [1.54, 1.807) is 12.4 Å². The Balaban J connectivity index is 2.16. The molecule has 5 N–H and O–H groups in total. The Kier molecular flexibility index (Phi) is 4.30. The molecule has 0 radical (unpaired) electrons. The Labute approximate surface area is 86.4 Å². The molecule has 1 rings (SSSR count). The van der Waals surface area contributed by atoms with E-state index in [-0.39, 0.29) is 24.9 Å². The molecule has 7 heteroatoms. The number of H-pyrrole nitrogens is 1. The van der Waals surface area contributed by atoms with Crippen LogP contribution < -0.4 is 16.4 Å². The largest absolute Gasteiger partial charge is 0.350 e. The van der Waals surface area contributed by atoms with Gasteiger partial charge in [-0.1, -0.05) is 0 Å². The summed E-state index contributed by atoms with van der Waals surface area (Å²) >= 11 is 0. The van der Waals surface area contributed by atoms with Gasteiger partial charge in [-0.3, -0.25) is 14.7 Å². The van der Waals surface area contributed by atoms with Crippen LogP contribution in [0, 0.1) is 0 Å². The number of aromatic amines is 1. The van der Waals surface area contributed by atoms with Crippen LogP contribution in [-0.4, -0.2) is 35.1 Å². The summed E-state index contributed by atoms with van der Waals surface area (Å²) in [6.07, 6.45) is 3.29. The lowest BCUT2D eigenvalue weighted by molar-refractivity contribution is -0.125. The van der Waals surface area contributed by atoms with Crippen molar-refractivity contribution < 1.29 is 9.59 Å². The highest BCUT2D eigenvalue weighted by molar-refractivity contribution is 5.85. The van der Waals surface area contributed by atoms with Gasteiger partial charge < -0.3 is 16.4 Å². The zero-order valence-corrected chi connectivity index (χ0v) is 8.12.